The largest absolute Gasteiger partial charge is 0.330 e. The lowest BCUT2D eigenvalue weighted by molar-refractivity contribution is 0.630. The first-order chi connectivity index (χ1) is 8.70. The molecule has 0 saturated heterocycles. The fraction of sp³-hybridized carbons (Fsp3) is 0.231. The molecule has 94 valence electrons. The van der Waals surface area contributed by atoms with Crippen molar-refractivity contribution in [2.45, 2.75) is 12.8 Å². The van der Waals surface area contributed by atoms with Crippen molar-refractivity contribution in [3.05, 3.63) is 46.6 Å². The molecule has 0 fully saturated rings. The van der Waals surface area contributed by atoms with Gasteiger partial charge in [-0.1, -0.05) is 15.9 Å². The van der Waals surface area contributed by atoms with Gasteiger partial charge >= 0.3 is 0 Å². The Morgan fingerprint density at radius 1 is 1.28 bits per heavy atom. The third-order valence-corrected chi connectivity index (χ3v) is 3.01. The number of nitrogens with two attached hydrogens (primary N) is 1. The quantitative estimate of drug-likeness (QED) is 0.944. The molecule has 0 amide bonds. The van der Waals surface area contributed by atoms with Gasteiger partial charge in [0.2, 0.25) is 0 Å². The second-order valence-corrected chi connectivity index (χ2v) is 4.79. The lowest BCUT2D eigenvalue weighted by Gasteiger charge is -2.05. The van der Waals surface area contributed by atoms with Gasteiger partial charge in [0, 0.05) is 22.7 Å². The molecule has 0 unspecified atom stereocenters. The first kappa shape index (κ1) is 13.1. The van der Waals surface area contributed by atoms with E-state index in [-0.39, 0.29) is 5.82 Å². The van der Waals surface area contributed by atoms with E-state index < -0.39 is 0 Å². The highest BCUT2D eigenvalue weighted by atomic mass is 79.9. The fourth-order valence-electron chi connectivity index (χ4n) is 1.62. The molecule has 1 aromatic heterocycles. The first-order valence-corrected chi connectivity index (χ1v) is 6.47. The van der Waals surface area contributed by atoms with Crippen molar-refractivity contribution >= 4 is 15.9 Å². The molecule has 0 bridgehead atoms. The Balaban J connectivity index is 2.35. The standard InChI is InChI=1S/C13H13BrFN3/c14-9-3-4-11(15)10(8-9)12-5-7-17-13(18-12)2-1-6-16/h3-5,7-8H,1-2,6,16H2. The monoisotopic (exact) mass is 309 g/mol. The third-order valence-electron chi connectivity index (χ3n) is 2.51. The van der Waals surface area contributed by atoms with Crippen LogP contribution in [0.5, 0.6) is 0 Å². The summed E-state index contributed by atoms with van der Waals surface area (Å²) in [5.74, 6) is 0.402. The van der Waals surface area contributed by atoms with Gasteiger partial charge in [-0.25, -0.2) is 14.4 Å². The Morgan fingerprint density at radius 2 is 2.11 bits per heavy atom. The van der Waals surface area contributed by atoms with Gasteiger partial charge in [0.1, 0.15) is 11.6 Å². The lowest BCUT2D eigenvalue weighted by Crippen LogP contribution is -2.03. The molecule has 0 atom stereocenters. The van der Waals surface area contributed by atoms with E-state index in [9.17, 15) is 4.39 Å². The zero-order chi connectivity index (χ0) is 13.0. The Kier molecular flexibility index (Phi) is 4.38. The van der Waals surface area contributed by atoms with E-state index in [4.69, 9.17) is 5.73 Å². The highest BCUT2D eigenvalue weighted by Crippen LogP contribution is 2.24. The highest BCUT2D eigenvalue weighted by Gasteiger charge is 2.08. The maximum absolute atomic E-state index is 13.7. The number of halogens is 2. The minimum Gasteiger partial charge on any atom is -0.330 e. The van der Waals surface area contributed by atoms with E-state index in [0.29, 0.717) is 30.0 Å². The van der Waals surface area contributed by atoms with Gasteiger partial charge in [0.25, 0.3) is 0 Å². The predicted octanol–water partition coefficient (Wildman–Crippen LogP) is 2.94. The van der Waals surface area contributed by atoms with E-state index in [1.165, 1.54) is 6.07 Å². The molecule has 1 aromatic carbocycles. The minimum absolute atomic E-state index is 0.290. The number of aromatic nitrogens is 2. The molecule has 0 spiro atoms. The van der Waals surface area contributed by atoms with Gasteiger partial charge in [-0.2, -0.15) is 0 Å². The Labute approximate surface area is 113 Å². The Morgan fingerprint density at radius 3 is 2.89 bits per heavy atom. The van der Waals surface area contributed by atoms with Crippen molar-refractivity contribution < 1.29 is 4.39 Å². The third kappa shape index (κ3) is 3.11. The van der Waals surface area contributed by atoms with Gasteiger partial charge in [-0.15, -0.1) is 0 Å². The van der Waals surface area contributed by atoms with Crippen LogP contribution in [0.2, 0.25) is 0 Å². The molecular weight excluding hydrogens is 297 g/mol. The summed E-state index contributed by atoms with van der Waals surface area (Å²) in [6.45, 7) is 0.596. The van der Waals surface area contributed by atoms with Crippen LogP contribution in [-0.4, -0.2) is 16.5 Å². The fourth-order valence-corrected chi connectivity index (χ4v) is 1.98. The lowest BCUT2D eigenvalue weighted by atomic mass is 10.1. The predicted molar refractivity (Wildman–Crippen MR) is 72.5 cm³/mol. The molecule has 18 heavy (non-hydrogen) atoms. The summed E-state index contributed by atoms with van der Waals surface area (Å²) in [7, 11) is 0. The molecule has 0 saturated carbocycles. The average molecular weight is 310 g/mol. The molecule has 0 aliphatic heterocycles. The normalized spacial score (nSPS) is 10.6. The van der Waals surface area contributed by atoms with Crippen molar-refractivity contribution in [1.82, 2.24) is 9.97 Å². The van der Waals surface area contributed by atoms with Gasteiger partial charge in [0.05, 0.1) is 5.69 Å². The average Bonchev–Trinajstić information content (AvgIpc) is 2.39. The SMILES string of the molecule is NCCCc1nccc(-c2cc(Br)ccc2F)n1. The molecule has 5 heteroatoms. The molecule has 2 N–H and O–H groups in total. The summed E-state index contributed by atoms with van der Waals surface area (Å²) in [6, 6.07) is 6.50. The van der Waals surface area contributed by atoms with Crippen LogP contribution in [0.25, 0.3) is 11.3 Å². The summed E-state index contributed by atoms with van der Waals surface area (Å²) in [6.07, 6.45) is 3.18. The first-order valence-electron chi connectivity index (χ1n) is 5.68. The molecule has 0 radical (unpaired) electrons. The van der Waals surface area contributed by atoms with E-state index in [1.807, 2.05) is 0 Å². The highest BCUT2D eigenvalue weighted by molar-refractivity contribution is 9.10. The van der Waals surface area contributed by atoms with Crippen LogP contribution in [0.1, 0.15) is 12.2 Å². The van der Waals surface area contributed by atoms with E-state index in [0.717, 1.165) is 10.9 Å². The molecule has 2 aromatic rings. The van der Waals surface area contributed by atoms with Gasteiger partial charge in [0.15, 0.2) is 0 Å². The molecule has 0 aliphatic carbocycles. The number of nitrogens with zero attached hydrogens (tertiary/aromatic N) is 2. The van der Waals surface area contributed by atoms with E-state index in [2.05, 4.69) is 25.9 Å². The summed E-state index contributed by atoms with van der Waals surface area (Å²) in [5.41, 5.74) is 6.51. The Bertz CT molecular complexity index is 546. The van der Waals surface area contributed by atoms with Crippen LogP contribution in [-0.2, 0) is 6.42 Å². The molecule has 3 nitrogen and oxygen atoms in total. The van der Waals surface area contributed by atoms with Crippen molar-refractivity contribution in [2.75, 3.05) is 6.54 Å². The van der Waals surface area contributed by atoms with Crippen LogP contribution >= 0.6 is 15.9 Å². The second-order valence-electron chi connectivity index (χ2n) is 3.87. The van der Waals surface area contributed by atoms with E-state index >= 15 is 0 Å². The number of rotatable bonds is 4. The smallest absolute Gasteiger partial charge is 0.132 e. The van der Waals surface area contributed by atoms with Gasteiger partial charge in [-0.05, 0) is 37.2 Å². The van der Waals surface area contributed by atoms with E-state index in [1.54, 1.807) is 24.4 Å². The van der Waals surface area contributed by atoms with Crippen molar-refractivity contribution in [3.8, 4) is 11.3 Å². The minimum atomic E-state index is -0.290. The van der Waals surface area contributed by atoms with Crippen LogP contribution < -0.4 is 5.73 Å². The molecule has 0 aliphatic rings. The zero-order valence-corrected chi connectivity index (χ0v) is 11.3. The summed E-state index contributed by atoms with van der Waals surface area (Å²) in [5, 5.41) is 0. The number of hydrogen-bond donors (Lipinski definition) is 1. The van der Waals surface area contributed by atoms with Gasteiger partial charge < -0.3 is 5.73 Å². The number of benzene rings is 1. The Hall–Kier alpha value is -1.33. The number of aryl methyl sites for hydroxylation is 1. The maximum Gasteiger partial charge on any atom is 0.132 e. The van der Waals surface area contributed by atoms with Crippen molar-refractivity contribution in [3.63, 3.8) is 0 Å². The number of hydrogen-bond acceptors (Lipinski definition) is 3. The molecule has 2 rings (SSSR count). The van der Waals surface area contributed by atoms with Crippen LogP contribution in [0, 0.1) is 5.82 Å². The summed E-state index contributed by atoms with van der Waals surface area (Å²) >= 11 is 3.33. The van der Waals surface area contributed by atoms with Gasteiger partial charge in [-0.3, -0.25) is 0 Å². The van der Waals surface area contributed by atoms with Crippen LogP contribution in [0.15, 0.2) is 34.9 Å². The van der Waals surface area contributed by atoms with Crippen molar-refractivity contribution in [2.24, 2.45) is 5.73 Å². The van der Waals surface area contributed by atoms with Crippen LogP contribution in [0.3, 0.4) is 0 Å². The summed E-state index contributed by atoms with van der Waals surface area (Å²) < 4.78 is 14.6. The zero-order valence-electron chi connectivity index (χ0n) is 9.74. The second kappa shape index (κ2) is 6.02. The maximum atomic E-state index is 13.7. The van der Waals surface area contributed by atoms with Crippen molar-refractivity contribution in [1.29, 1.82) is 0 Å². The molecule has 1 heterocycles. The topological polar surface area (TPSA) is 51.8 Å². The van der Waals surface area contributed by atoms with Crippen LogP contribution in [0.4, 0.5) is 4.39 Å². The summed E-state index contributed by atoms with van der Waals surface area (Å²) in [4.78, 5) is 8.51. The molecular formula is C13H13BrFN3.